The number of rotatable bonds is 0. The van der Waals surface area contributed by atoms with Crippen molar-refractivity contribution in [2.24, 2.45) is 46.3 Å². The van der Waals surface area contributed by atoms with Crippen molar-refractivity contribution in [3.63, 3.8) is 0 Å². The Morgan fingerprint density at radius 2 is 1.00 bits per heavy atom. The first-order chi connectivity index (χ1) is 9.24. The molecular formula is C20H34Zn. The SMILES string of the molecule is [CH2-]C1CC[C@H]2C[C@@H]1C2(C)C.[CH2-]C1CC[C@H]2C[C@@H]1C2(C)C.[Zn+2]. The van der Waals surface area contributed by atoms with Crippen molar-refractivity contribution >= 4 is 0 Å². The molecule has 6 aliphatic carbocycles. The van der Waals surface area contributed by atoms with Crippen LogP contribution in [0.2, 0.25) is 0 Å². The summed E-state index contributed by atoms with van der Waals surface area (Å²) in [5.74, 6) is 5.50. The molecule has 0 aromatic heterocycles. The maximum absolute atomic E-state index is 4.21. The van der Waals surface area contributed by atoms with E-state index in [4.69, 9.17) is 0 Å². The minimum Gasteiger partial charge on any atom is -0.340 e. The molecule has 6 rings (SSSR count). The van der Waals surface area contributed by atoms with Crippen LogP contribution < -0.4 is 0 Å². The van der Waals surface area contributed by atoms with Crippen LogP contribution in [0.4, 0.5) is 0 Å². The molecule has 1 heteroatoms. The standard InChI is InChI=1S/2C10H17.Zn/c2*1-7-4-5-8-6-9(7)10(8,2)3;/h2*7-9H,1,4-6H2,2-3H3;/q2*-1;+2/t2*7?,8-,9-;/m00./s1. The second-order valence-electron chi connectivity index (χ2n) is 9.40. The molecule has 6 atom stereocenters. The first-order valence-electron chi connectivity index (χ1n) is 8.90. The average molecular weight is 340 g/mol. The van der Waals surface area contributed by atoms with Crippen molar-refractivity contribution in [3.8, 4) is 0 Å². The summed E-state index contributed by atoms with van der Waals surface area (Å²) in [5, 5.41) is 0. The van der Waals surface area contributed by atoms with Crippen LogP contribution in [0.3, 0.4) is 0 Å². The van der Waals surface area contributed by atoms with E-state index in [9.17, 15) is 0 Å². The topological polar surface area (TPSA) is 0 Å². The summed E-state index contributed by atoms with van der Waals surface area (Å²) < 4.78 is 0. The molecule has 0 nitrogen and oxygen atoms in total. The van der Waals surface area contributed by atoms with Crippen molar-refractivity contribution in [2.45, 2.75) is 66.2 Å². The Morgan fingerprint density at radius 3 is 1.14 bits per heavy atom. The van der Waals surface area contributed by atoms with Gasteiger partial charge in [-0.1, -0.05) is 65.2 Å². The van der Waals surface area contributed by atoms with Gasteiger partial charge in [-0.2, -0.15) is 11.8 Å². The Labute approximate surface area is 146 Å². The van der Waals surface area contributed by atoms with E-state index in [0.29, 0.717) is 10.8 Å². The summed E-state index contributed by atoms with van der Waals surface area (Å²) in [4.78, 5) is 0. The molecule has 0 N–H and O–H groups in total. The molecule has 0 radical (unpaired) electrons. The van der Waals surface area contributed by atoms with Crippen LogP contribution in [-0.2, 0) is 19.5 Å². The van der Waals surface area contributed by atoms with E-state index < -0.39 is 0 Å². The second-order valence-corrected chi connectivity index (χ2v) is 9.40. The number of fused-ring (bicyclic) bond motifs is 4. The smallest absolute Gasteiger partial charge is 0.340 e. The van der Waals surface area contributed by atoms with Gasteiger partial charge in [0, 0.05) is 0 Å². The summed E-state index contributed by atoms with van der Waals surface area (Å²) in [6.45, 7) is 18.1. The van der Waals surface area contributed by atoms with Crippen molar-refractivity contribution < 1.29 is 19.5 Å². The minimum atomic E-state index is 0. The summed E-state index contributed by atoms with van der Waals surface area (Å²) in [7, 11) is 0. The zero-order valence-electron chi connectivity index (χ0n) is 14.8. The maximum Gasteiger partial charge on any atom is 2.00 e. The fourth-order valence-corrected chi connectivity index (χ4v) is 5.93. The van der Waals surface area contributed by atoms with Crippen molar-refractivity contribution in [2.75, 3.05) is 0 Å². The van der Waals surface area contributed by atoms with Gasteiger partial charge in [0.25, 0.3) is 0 Å². The van der Waals surface area contributed by atoms with Gasteiger partial charge in [-0.3, -0.25) is 0 Å². The van der Waals surface area contributed by atoms with Crippen LogP contribution in [0, 0.1) is 60.2 Å². The third kappa shape index (κ3) is 2.79. The van der Waals surface area contributed by atoms with E-state index >= 15 is 0 Å². The predicted molar refractivity (Wildman–Crippen MR) is 86.9 cm³/mol. The van der Waals surface area contributed by atoms with Crippen molar-refractivity contribution in [1.29, 1.82) is 0 Å². The van der Waals surface area contributed by atoms with Gasteiger partial charge in [-0.25, -0.2) is 0 Å². The van der Waals surface area contributed by atoms with Crippen LogP contribution in [0.25, 0.3) is 0 Å². The second kappa shape index (κ2) is 5.92. The van der Waals surface area contributed by atoms with Gasteiger partial charge in [-0.15, -0.1) is 0 Å². The van der Waals surface area contributed by atoms with Gasteiger partial charge in [0.1, 0.15) is 0 Å². The van der Waals surface area contributed by atoms with Crippen LogP contribution in [0.1, 0.15) is 66.2 Å². The third-order valence-electron chi connectivity index (χ3n) is 8.00. The van der Waals surface area contributed by atoms with Crippen LogP contribution in [0.5, 0.6) is 0 Å². The Balaban J connectivity index is 0.000000147. The Morgan fingerprint density at radius 1 is 0.667 bits per heavy atom. The maximum atomic E-state index is 4.21. The Bertz CT molecular complexity index is 330. The van der Waals surface area contributed by atoms with Gasteiger partial charge in [0.2, 0.25) is 0 Å². The molecule has 0 amide bonds. The molecular weight excluding hydrogens is 306 g/mol. The molecule has 4 bridgehead atoms. The summed E-state index contributed by atoms with van der Waals surface area (Å²) >= 11 is 0. The summed E-state index contributed by atoms with van der Waals surface area (Å²) in [6.07, 6.45) is 8.61. The third-order valence-corrected chi connectivity index (χ3v) is 8.00. The van der Waals surface area contributed by atoms with E-state index in [2.05, 4.69) is 41.5 Å². The monoisotopic (exact) mass is 338 g/mol. The molecule has 6 aliphatic rings. The van der Waals surface area contributed by atoms with Crippen LogP contribution in [-0.4, -0.2) is 0 Å². The normalized spacial score (nSPS) is 47.7. The number of hydrogen-bond donors (Lipinski definition) is 0. The average Bonchev–Trinajstić information content (AvgIpc) is 2.38. The van der Waals surface area contributed by atoms with Crippen molar-refractivity contribution in [1.82, 2.24) is 0 Å². The molecule has 0 saturated heterocycles. The van der Waals surface area contributed by atoms with E-state index in [1.54, 1.807) is 0 Å². The zero-order chi connectivity index (χ0) is 14.7. The molecule has 0 aliphatic heterocycles. The van der Waals surface area contributed by atoms with Gasteiger partial charge < -0.3 is 13.8 Å². The molecule has 0 heterocycles. The van der Waals surface area contributed by atoms with Gasteiger partial charge in [0.15, 0.2) is 0 Å². The van der Waals surface area contributed by atoms with Crippen LogP contribution >= 0.6 is 0 Å². The van der Waals surface area contributed by atoms with Gasteiger partial charge in [-0.05, 0) is 35.5 Å². The molecule has 0 spiro atoms. The van der Waals surface area contributed by atoms with Crippen molar-refractivity contribution in [3.05, 3.63) is 13.8 Å². The van der Waals surface area contributed by atoms with E-state index in [0.717, 1.165) is 35.5 Å². The van der Waals surface area contributed by atoms with Crippen LogP contribution in [0.15, 0.2) is 0 Å². The molecule has 0 aromatic rings. The fraction of sp³-hybridized carbons (Fsp3) is 0.900. The summed E-state index contributed by atoms with van der Waals surface area (Å²) in [5.41, 5.74) is 1.29. The molecule has 6 fully saturated rings. The molecule has 6 saturated carbocycles. The molecule has 21 heavy (non-hydrogen) atoms. The minimum absolute atomic E-state index is 0. The Kier molecular flexibility index (Phi) is 5.07. The molecule has 0 aromatic carbocycles. The summed E-state index contributed by atoms with van der Waals surface area (Å²) in [6, 6.07) is 0. The van der Waals surface area contributed by atoms with E-state index in [1.165, 1.54) is 38.5 Å². The molecule has 2 unspecified atom stereocenters. The van der Waals surface area contributed by atoms with E-state index in [1.807, 2.05) is 0 Å². The predicted octanol–water partition coefficient (Wildman–Crippen LogP) is 5.78. The number of hydrogen-bond acceptors (Lipinski definition) is 0. The van der Waals surface area contributed by atoms with Gasteiger partial charge >= 0.3 is 19.5 Å². The molecule has 116 valence electrons. The quantitative estimate of drug-likeness (QED) is 0.387. The largest absolute Gasteiger partial charge is 2.00 e. The first kappa shape index (κ1) is 18.0. The first-order valence-corrected chi connectivity index (χ1v) is 8.90. The van der Waals surface area contributed by atoms with E-state index in [-0.39, 0.29) is 19.5 Å². The fourth-order valence-electron chi connectivity index (χ4n) is 5.93. The van der Waals surface area contributed by atoms with Gasteiger partial charge in [0.05, 0.1) is 0 Å². The zero-order valence-corrected chi connectivity index (χ0v) is 17.8. The Hall–Kier alpha value is 0.623.